The van der Waals surface area contributed by atoms with Crippen molar-refractivity contribution >= 4 is 0 Å². The number of rotatable bonds is 6. The van der Waals surface area contributed by atoms with Gasteiger partial charge >= 0.3 is 0 Å². The number of aryl methyl sites for hydroxylation is 1. The van der Waals surface area contributed by atoms with Crippen LogP contribution in [-0.2, 0) is 7.05 Å². The first-order valence-electron chi connectivity index (χ1n) is 8.03. The van der Waals surface area contributed by atoms with Gasteiger partial charge in [-0.05, 0) is 30.9 Å². The molecule has 0 spiro atoms. The van der Waals surface area contributed by atoms with Crippen molar-refractivity contribution in [3.8, 4) is 0 Å². The summed E-state index contributed by atoms with van der Waals surface area (Å²) in [5.74, 6) is 0.888. The number of nitrogens with one attached hydrogen (secondary N) is 1. The van der Waals surface area contributed by atoms with Crippen LogP contribution in [0.3, 0.4) is 0 Å². The molecule has 1 saturated carbocycles. The SMILES string of the molecule is CC(NC(CC1CCC1)c1ccccc1)c1ccn(C)n1. The second-order valence-electron chi connectivity index (χ2n) is 6.30. The van der Waals surface area contributed by atoms with Gasteiger partial charge in [0, 0.05) is 25.3 Å². The van der Waals surface area contributed by atoms with Gasteiger partial charge in [-0.3, -0.25) is 4.68 Å². The van der Waals surface area contributed by atoms with Crippen LogP contribution in [0.5, 0.6) is 0 Å². The van der Waals surface area contributed by atoms with E-state index in [0.717, 1.165) is 11.6 Å². The summed E-state index contributed by atoms with van der Waals surface area (Å²) in [6, 6.07) is 13.6. The Morgan fingerprint density at radius 1 is 1.24 bits per heavy atom. The van der Waals surface area contributed by atoms with Gasteiger partial charge in [-0.2, -0.15) is 5.10 Å². The van der Waals surface area contributed by atoms with E-state index in [1.54, 1.807) is 0 Å². The molecule has 3 rings (SSSR count). The molecule has 3 heteroatoms. The fourth-order valence-electron chi connectivity index (χ4n) is 3.10. The van der Waals surface area contributed by atoms with E-state index >= 15 is 0 Å². The summed E-state index contributed by atoms with van der Waals surface area (Å²) < 4.78 is 1.87. The zero-order valence-electron chi connectivity index (χ0n) is 13.0. The first-order chi connectivity index (χ1) is 10.2. The van der Waals surface area contributed by atoms with Crippen molar-refractivity contribution in [3.63, 3.8) is 0 Å². The maximum Gasteiger partial charge on any atom is 0.0791 e. The molecule has 0 amide bonds. The van der Waals surface area contributed by atoms with Crippen LogP contribution >= 0.6 is 0 Å². The lowest BCUT2D eigenvalue weighted by molar-refractivity contribution is 0.253. The summed E-state index contributed by atoms with van der Waals surface area (Å²) >= 11 is 0. The average Bonchev–Trinajstić information content (AvgIpc) is 2.89. The van der Waals surface area contributed by atoms with Gasteiger partial charge in [0.2, 0.25) is 0 Å². The van der Waals surface area contributed by atoms with Crippen molar-refractivity contribution in [3.05, 3.63) is 53.9 Å². The molecular weight excluding hydrogens is 258 g/mol. The standard InChI is InChI=1S/C18H25N3/c1-14(17-11-12-21(2)20-17)19-18(13-15-7-6-8-15)16-9-4-3-5-10-16/h3-5,9-12,14-15,18-19H,6-8,13H2,1-2H3. The van der Waals surface area contributed by atoms with E-state index in [1.807, 2.05) is 17.9 Å². The molecule has 1 aromatic heterocycles. The lowest BCUT2D eigenvalue weighted by Crippen LogP contribution is -2.28. The monoisotopic (exact) mass is 283 g/mol. The summed E-state index contributed by atoms with van der Waals surface area (Å²) in [6.07, 6.45) is 7.44. The van der Waals surface area contributed by atoms with E-state index in [2.05, 4.69) is 53.7 Å². The molecular formula is C18H25N3. The molecule has 0 saturated heterocycles. The fraction of sp³-hybridized carbons (Fsp3) is 0.500. The van der Waals surface area contributed by atoms with Crippen LogP contribution < -0.4 is 5.32 Å². The van der Waals surface area contributed by atoms with Crippen molar-refractivity contribution < 1.29 is 0 Å². The topological polar surface area (TPSA) is 29.9 Å². The van der Waals surface area contributed by atoms with E-state index in [1.165, 1.54) is 31.2 Å². The summed E-state index contributed by atoms with van der Waals surface area (Å²) in [5, 5.41) is 8.31. The Morgan fingerprint density at radius 2 is 2.00 bits per heavy atom. The minimum atomic E-state index is 0.275. The third-order valence-corrected chi connectivity index (χ3v) is 4.62. The number of nitrogens with zero attached hydrogens (tertiary/aromatic N) is 2. The molecule has 2 atom stereocenters. The van der Waals surface area contributed by atoms with Crippen LogP contribution in [0.25, 0.3) is 0 Å². The highest BCUT2D eigenvalue weighted by atomic mass is 15.3. The van der Waals surface area contributed by atoms with Crippen LogP contribution in [0.4, 0.5) is 0 Å². The third kappa shape index (κ3) is 3.53. The fourth-order valence-corrected chi connectivity index (χ4v) is 3.10. The predicted molar refractivity (Wildman–Crippen MR) is 85.9 cm³/mol. The minimum absolute atomic E-state index is 0.275. The summed E-state index contributed by atoms with van der Waals surface area (Å²) in [5.41, 5.74) is 2.51. The molecule has 21 heavy (non-hydrogen) atoms. The Hall–Kier alpha value is -1.61. The van der Waals surface area contributed by atoms with E-state index in [0.29, 0.717) is 6.04 Å². The molecule has 3 nitrogen and oxygen atoms in total. The summed E-state index contributed by atoms with van der Waals surface area (Å²) in [6.45, 7) is 2.21. The van der Waals surface area contributed by atoms with Gasteiger partial charge < -0.3 is 5.32 Å². The average molecular weight is 283 g/mol. The lowest BCUT2D eigenvalue weighted by Gasteiger charge is -2.32. The normalized spacial score (nSPS) is 18.2. The zero-order valence-corrected chi connectivity index (χ0v) is 13.0. The molecule has 1 aliphatic rings. The number of aromatic nitrogens is 2. The highest BCUT2D eigenvalue weighted by Gasteiger charge is 2.24. The predicted octanol–water partition coefficient (Wildman–Crippen LogP) is 4.00. The first kappa shape index (κ1) is 14.3. The molecule has 2 unspecified atom stereocenters. The van der Waals surface area contributed by atoms with Crippen molar-refractivity contribution in [1.82, 2.24) is 15.1 Å². The molecule has 2 aromatic rings. The maximum atomic E-state index is 4.52. The van der Waals surface area contributed by atoms with Crippen LogP contribution in [0.1, 0.15) is 55.9 Å². The first-order valence-corrected chi connectivity index (χ1v) is 8.03. The minimum Gasteiger partial charge on any atom is -0.302 e. The molecule has 0 radical (unpaired) electrons. The smallest absolute Gasteiger partial charge is 0.0791 e. The summed E-state index contributed by atoms with van der Waals surface area (Å²) in [4.78, 5) is 0. The molecule has 1 fully saturated rings. The van der Waals surface area contributed by atoms with Gasteiger partial charge in [-0.15, -0.1) is 0 Å². The molecule has 1 aromatic carbocycles. The Morgan fingerprint density at radius 3 is 2.57 bits per heavy atom. The van der Waals surface area contributed by atoms with Gasteiger partial charge in [-0.25, -0.2) is 0 Å². The number of hydrogen-bond donors (Lipinski definition) is 1. The van der Waals surface area contributed by atoms with E-state index in [-0.39, 0.29) is 6.04 Å². The molecule has 1 heterocycles. The highest BCUT2D eigenvalue weighted by molar-refractivity contribution is 5.20. The van der Waals surface area contributed by atoms with Crippen molar-refractivity contribution in [2.75, 3.05) is 0 Å². The Labute approximate surface area is 127 Å². The Kier molecular flexibility index (Phi) is 4.39. The van der Waals surface area contributed by atoms with Gasteiger partial charge in [0.15, 0.2) is 0 Å². The second kappa shape index (κ2) is 6.44. The summed E-state index contributed by atoms with van der Waals surface area (Å²) in [7, 11) is 1.97. The number of benzene rings is 1. The molecule has 1 N–H and O–H groups in total. The molecule has 112 valence electrons. The van der Waals surface area contributed by atoms with Crippen LogP contribution in [-0.4, -0.2) is 9.78 Å². The Bertz CT molecular complexity index is 557. The van der Waals surface area contributed by atoms with Crippen LogP contribution in [0, 0.1) is 5.92 Å². The van der Waals surface area contributed by atoms with Gasteiger partial charge in [-0.1, -0.05) is 49.6 Å². The van der Waals surface area contributed by atoms with E-state index in [4.69, 9.17) is 0 Å². The maximum absolute atomic E-state index is 4.52. The number of hydrogen-bond acceptors (Lipinski definition) is 2. The molecule has 0 aliphatic heterocycles. The van der Waals surface area contributed by atoms with Gasteiger partial charge in [0.05, 0.1) is 5.69 Å². The quantitative estimate of drug-likeness (QED) is 0.868. The van der Waals surface area contributed by atoms with Crippen LogP contribution in [0.2, 0.25) is 0 Å². The zero-order chi connectivity index (χ0) is 14.7. The highest BCUT2D eigenvalue weighted by Crippen LogP contribution is 2.35. The third-order valence-electron chi connectivity index (χ3n) is 4.62. The van der Waals surface area contributed by atoms with E-state index < -0.39 is 0 Å². The van der Waals surface area contributed by atoms with Crippen molar-refractivity contribution in [2.45, 2.75) is 44.7 Å². The Balaban J connectivity index is 1.72. The second-order valence-corrected chi connectivity index (χ2v) is 6.30. The van der Waals surface area contributed by atoms with Gasteiger partial charge in [0.1, 0.15) is 0 Å². The largest absolute Gasteiger partial charge is 0.302 e. The lowest BCUT2D eigenvalue weighted by atomic mass is 9.79. The van der Waals surface area contributed by atoms with Crippen molar-refractivity contribution in [2.24, 2.45) is 13.0 Å². The van der Waals surface area contributed by atoms with Gasteiger partial charge in [0.25, 0.3) is 0 Å². The molecule has 0 bridgehead atoms. The molecule has 1 aliphatic carbocycles. The van der Waals surface area contributed by atoms with Crippen molar-refractivity contribution in [1.29, 1.82) is 0 Å². The van der Waals surface area contributed by atoms with E-state index in [9.17, 15) is 0 Å². The van der Waals surface area contributed by atoms with Crippen LogP contribution in [0.15, 0.2) is 42.6 Å².